The molecule has 7 rings (SSSR count). The molecule has 1 amide bonds. The maximum atomic E-state index is 15.4. The summed E-state index contributed by atoms with van der Waals surface area (Å²) in [7, 11) is 0. The molecule has 0 spiro atoms. The summed E-state index contributed by atoms with van der Waals surface area (Å²) in [6.07, 6.45) is 7.33. The second-order valence-electron chi connectivity index (χ2n) is 11.4. The number of hydrogen-bond acceptors (Lipinski definition) is 4. The molecule has 0 saturated heterocycles. The van der Waals surface area contributed by atoms with Crippen LogP contribution in [0.15, 0.2) is 60.9 Å². The monoisotopic (exact) mass is 537 g/mol. The molecule has 7 heteroatoms. The predicted molar refractivity (Wildman–Crippen MR) is 150 cm³/mol. The van der Waals surface area contributed by atoms with Crippen LogP contribution >= 0.6 is 0 Å². The molecule has 0 N–H and O–H groups in total. The van der Waals surface area contributed by atoms with E-state index in [1.54, 1.807) is 13.0 Å². The number of imidazole rings is 1. The second-order valence-corrected chi connectivity index (χ2v) is 11.4. The molecule has 4 aromatic rings. The summed E-state index contributed by atoms with van der Waals surface area (Å²) in [5.41, 5.74) is 6.73. The van der Waals surface area contributed by atoms with E-state index in [4.69, 9.17) is 9.72 Å². The Kier molecular flexibility index (Phi) is 5.99. The highest BCUT2D eigenvalue weighted by Crippen LogP contribution is 2.49. The Morgan fingerprint density at radius 3 is 2.67 bits per heavy atom. The standard InChI is InChI=1S/C33H32FN3O3/c1-3-40-33(39)28-16-26(28)22-10-11-25(29(34)15-22)30-18-36-17-23(14-27(21-8-9-21)31(36)35-30)32(38)37-13-12-20-6-4-5-7-24(20)19(37)2/h4-7,10-11,14-15,17-19,21,26,28H,3,8-9,12-13,16H2,1-2H3/t19-,26?,28?/m1/s1. The number of esters is 1. The van der Waals surface area contributed by atoms with E-state index >= 15 is 4.39 Å². The first kappa shape index (κ1) is 25.0. The third-order valence-electron chi connectivity index (χ3n) is 8.78. The SMILES string of the molecule is CCOC(=O)C1CC1c1ccc(-c2cn3cc(C(=O)N4CCc5ccccc5[C@H]4C)cc(C4CC4)c3n2)c(F)c1. The van der Waals surface area contributed by atoms with Crippen molar-refractivity contribution in [2.24, 2.45) is 5.92 Å². The van der Waals surface area contributed by atoms with Crippen molar-refractivity contribution in [3.8, 4) is 11.3 Å². The Balaban J connectivity index is 1.20. The van der Waals surface area contributed by atoms with Crippen molar-refractivity contribution in [3.05, 3.63) is 94.6 Å². The lowest BCUT2D eigenvalue weighted by Crippen LogP contribution is -2.39. The normalized spacial score (nSPS) is 21.8. The minimum atomic E-state index is -0.361. The van der Waals surface area contributed by atoms with Crippen LogP contribution in [-0.4, -0.2) is 39.3 Å². The van der Waals surface area contributed by atoms with Crippen LogP contribution in [0.1, 0.15) is 83.6 Å². The molecule has 2 fully saturated rings. The van der Waals surface area contributed by atoms with Crippen molar-refractivity contribution in [2.75, 3.05) is 13.2 Å². The van der Waals surface area contributed by atoms with Gasteiger partial charge in [-0.15, -0.1) is 0 Å². The number of ether oxygens (including phenoxy) is 1. The highest BCUT2D eigenvalue weighted by molar-refractivity contribution is 5.95. The molecule has 1 aliphatic heterocycles. The zero-order chi connectivity index (χ0) is 27.5. The number of nitrogens with zero attached hydrogens (tertiary/aromatic N) is 3. The summed E-state index contributed by atoms with van der Waals surface area (Å²) in [6.45, 7) is 4.91. The molecule has 2 saturated carbocycles. The molecule has 0 bridgehead atoms. The maximum absolute atomic E-state index is 15.4. The van der Waals surface area contributed by atoms with Gasteiger partial charge in [0, 0.05) is 24.5 Å². The summed E-state index contributed by atoms with van der Waals surface area (Å²) in [6, 6.07) is 15.5. The Bertz CT molecular complexity index is 1660. The maximum Gasteiger partial charge on any atom is 0.309 e. The van der Waals surface area contributed by atoms with Gasteiger partial charge in [0.05, 0.1) is 29.8 Å². The molecule has 2 aromatic heterocycles. The molecule has 2 aliphatic carbocycles. The average Bonchev–Trinajstić information content (AvgIpc) is 3.89. The van der Waals surface area contributed by atoms with Gasteiger partial charge in [0.25, 0.3) is 5.91 Å². The van der Waals surface area contributed by atoms with Crippen LogP contribution in [0.25, 0.3) is 16.9 Å². The van der Waals surface area contributed by atoms with Crippen molar-refractivity contribution in [1.82, 2.24) is 14.3 Å². The van der Waals surface area contributed by atoms with E-state index < -0.39 is 0 Å². The highest BCUT2D eigenvalue weighted by atomic mass is 19.1. The van der Waals surface area contributed by atoms with Gasteiger partial charge in [-0.1, -0.05) is 30.3 Å². The first-order valence-electron chi connectivity index (χ1n) is 14.3. The van der Waals surface area contributed by atoms with Gasteiger partial charge in [0.1, 0.15) is 11.5 Å². The fourth-order valence-corrected chi connectivity index (χ4v) is 6.32. The van der Waals surface area contributed by atoms with Crippen LogP contribution in [0.3, 0.4) is 0 Å². The topological polar surface area (TPSA) is 63.9 Å². The van der Waals surface area contributed by atoms with Crippen LogP contribution in [0.4, 0.5) is 4.39 Å². The minimum absolute atomic E-state index is 0.00151. The van der Waals surface area contributed by atoms with Gasteiger partial charge in [-0.25, -0.2) is 9.37 Å². The molecule has 2 aromatic carbocycles. The van der Waals surface area contributed by atoms with Crippen molar-refractivity contribution < 1.29 is 18.7 Å². The average molecular weight is 538 g/mol. The van der Waals surface area contributed by atoms with Crippen LogP contribution in [0.5, 0.6) is 0 Å². The number of amides is 1. The highest BCUT2D eigenvalue weighted by Gasteiger charge is 2.45. The van der Waals surface area contributed by atoms with E-state index in [1.165, 1.54) is 17.2 Å². The Morgan fingerprint density at radius 2 is 1.90 bits per heavy atom. The number of halogens is 1. The molecular weight excluding hydrogens is 505 g/mol. The number of aromatic nitrogens is 2. The van der Waals surface area contributed by atoms with E-state index in [0.29, 0.717) is 42.3 Å². The smallest absolute Gasteiger partial charge is 0.309 e. The zero-order valence-corrected chi connectivity index (χ0v) is 22.8. The molecule has 0 radical (unpaired) electrons. The molecule has 204 valence electrons. The summed E-state index contributed by atoms with van der Waals surface area (Å²) in [4.78, 5) is 32.7. The minimum Gasteiger partial charge on any atom is -0.466 e. The number of carbonyl (C=O) groups excluding carboxylic acids is 2. The molecular formula is C33H32FN3O3. The molecule has 3 aliphatic rings. The Morgan fingerprint density at radius 1 is 1.07 bits per heavy atom. The van der Waals surface area contributed by atoms with Gasteiger partial charge in [-0.3, -0.25) is 9.59 Å². The van der Waals surface area contributed by atoms with Crippen molar-refractivity contribution in [2.45, 2.75) is 57.4 Å². The Hall–Kier alpha value is -4.00. The number of carbonyl (C=O) groups is 2. The number of benzene rings is 2. The van der Waals surface area contributed by atoms with Gasteiger partial charge >= 0.3 is 5.97 Å². The summed E-state index contributed by atoms with van der Waals surface area (Å²) in [5.74, 6) is -0.376. The van der Waals surface area contributed by atoms with Crippen LogP contribution in [-0.2, 0) is 16.0 Å². The predicted octanol–water partition coefficient (Wildman–Crippen LogP) is 6.44. The fourth-order valence-electron chi connectivity index (χ4n) is 6.32. The lowest BCUT2D eigenvalue weighted by molar-refractivity contribution is -0.144. The number of hydrogen-bond donors (Lipinski definition) is 0. The van der Waals surface area contributed by atoms with E-state index in [-0.39, 0.29) is 35.6 Å². The first-order valence-corrected chi connectivity index (χ1v) is 14.3. The quantitative estimate of drug-likeness (QED) is 0.266. The lowest BCUT2D eigenvalue weighted by atomic mass is 9.93. The third-order valence-corrected chi connectivity index (χ3v) is 8.78. The summed E-state index contributed by atoms with van der Waals surface area (Å²) in [5, 5.41) is 0. The van der Waals surface area contributed by atoms with Gasteiger partial charge in [-0.2, -0.15) is 0 Å². The largest absolute Gasteiger partial charge is 0.466 e. The Labute approximate surface area is 232 Å². The molecule has 6 nitrogen and oxygen atoms in total. The van der Waals surface area contributed by atoms with Crippen molar-refractivity contribution in [3.63, 3.8) is 0 Å². The van der Waals surface area contributed by atoms with Crippen LogP contribution < -0.4 is 0 Å². The van der Waals surface area contributed by atoms with Gasteiger partial charge < -0.3 is 14.0 Å². The molecule has 3 heterocycles. The summed E-state index contributed by atoms with van der Waals surface area (Å²) < 4.78 is 22.4. The van der Waals surface area contributed by atoms with Crippen LogP contribution in [0, 0.1) is 11.7 Å². The van der Waals surface area contributed by atoms with Gasteiger partial charge in [0.2, 0.25) is 0 Å². The summed E-state index contributed by atoms with van der Waals surface area (Å²) >= 11 is 0. The fraction of sp³-hybridized carbons (Fsp3) is 0.364. The molecule has 3 atom stereocenters. The van der Waals surface area contributed by atoms with E-state index in [2.05, 4.69) is 25.1 Å². The lowest BCUT2D eigenvalue weighted by Gasteiger charge is -2.35. The zero-order valence-electron chi connectivity index (χ0n) is 22.8. The van der Waals surface area contributed by atoms with E-state index in [9.17, 15) is 9.59 Å². The first-order chi connectivity index (χ1) is 19.4. The van der Waals surface area contributed by atoms with Crippen molar-refractivity contribution in [1.29, 1.82) is 0 Å². The number of rotatable bonds is 6. The molecule has 2 unspecified atom stereocenters. The molecule has 40 heavy (non-hydrogen) atoms. The second kappa shape index (κ2) is 9.58. The van der Waals surface area contributed by atoms with E-state index in [1.807, 2.05) is 39.9 Å². The van der Waals surface area contributed by atoms with Gasteiger partial charge in [-0.05, 0) is 91.8 Å². The number of fused-ring (bicyclic) bond motifs is 2. The van der Waals surface area contributed by atoms with E-state index in [0.717, 1.165) is 36.0 Å². The third kappa shape index (κ3) is 4.28. The van der Waals surface area contributed by atoms with Crippen molar-refractivity contribution >= 4 is 17.5 Å². The van der Waals surface area contributed by atoms with Crippen LogP contribution in [0.2, 0.25) is 0 Å². The van der Waals surface area contributed by atoms with Gasteiger partial charge in [0.15, 0.2) is 0 Å². The number of pyridine rings is 1.